The second-order valence-corrected chi connectivity index (χ2v) is 43.3. The molecule has 5 heterocycles. The van der Waals surface area contributed by atoms with Gasteiger partial charge in [0, 0.05) is 0 Å². The molecule has 29 atom stereocenters. The minimum absolute atomic E-state index is 0.506. The van der Waals surface area contributed by atoms with Gasteiger partial charge in [-0.25, -0.2) is 0 Å². The Bertz CT molecular complexity index is 1900. The van der Waals surface area contributed by atoms with Crippen LogP contribution in [-0.4, -0.2) is 109 Å². The normalized spacial score (nSPS) is 56.3. The van der Waals surface area contributed by atoms with Crippen molar-refractivity contribution in [3.05, 3.63) is 0 Å². The first kappa shape index (κ1) is 43.3. The van der Waals surface area contributed by atoms with Crippen molar-refractivity contribution >= 4 is 43.3 Å². The Kier molecular flexibility index (Phi) is 10.1. The lowest BCUT2D eigenvalue weighted by molar-refractivity contribution is 0.231. The lowest BCUT2D eigenvalue weighted by Gasteiger charge is -2.45. The maximum absolute atomic E-state index is 12.6. The monoisotopic (exact) mass is 981 g/mol. The zero-order valence-corrected chi connectivity index (χ0v) is 45.2. The fourth-order valence-corrected chi connectivity index (χ4v) is 43.0. The van der Waals surface area contributed by atoms with Gasteiger partial charge in [0.05, 0.1) is 61.0 Å². The quantitative estimate of drug-likeness (QED) is 0.0785. The molecule has 10 nitrogen and oxygen atoms in total. The summed E-state index contributed by atoms with van der Waals surface area (Å²) < 4.78 is 62.1. The van der Waals surface area contributed by atoms with E-state index >= 15 is 0 Å². The van der Waals surface area contributed by atoms with E-state index in [-0.39, 0.29) is 0 Å². The number of hydrogen-bond donors (Lipinski definition) is 1. The second kappa shape index (κ2) is 15.1. The van der Waals surface area contributed by atoms with Gasteiger partial charge in [0.25, 0.3) is 0 Å². The van der Waals surface area contributed by atoms with Gasteiger partial charge in [0.15, 0.2) is 9.04 Å². The zero-order valence-electron chi connectivity index (χ0n) is 40.2. The topological polar surface area (TPSA) is 120 Å². The van der Waals surface area contributed by atoms with Crippen molar-refractivity contribution in [3.63, 3.8) is 0 Å². The van der Waals surface area contributed by atoms with E-state index in [1.54, 1.807) is 0 Å². The molecule has 15 fully saturated rings. The molecule has 0 amide bonds. The van der Waals surface area contributed by atoms with Crippen LogP contribution in [0.4, 0.5) is 0 Å². The average Bonchev–Trinajstić information content (AvgIpc) is 4.26. The molecule has 65 heavy (non-hydrogen) atoms. The SMILES string of the molecule is C[Si](CCC1CC2CC1C1OC21)O[Si](C)(CCC1CC2CC1C1OC21)O[Si](C)(CCC1CC2CC1C1OC21)O[Si](C)(CCC1CC2CC1C1OC21)O[Si](C)(O)CCC1CC2CC1C1OC21. The molecule has 29 unspecified atom stereocenters. The highest BCUT2D eigenvalue weighted by Crippen LogP contribution is 2.64. The van der Waals surface area contributed by atoms with Crippen molar-refractivity contribution in [2.24, 2.45) is 88.8 Å². The van der Waals surface area contributed by atoms with Gasteiger partial charge in [-0.3, -0.25) is 0 Å². The predicted molar refractivity (Wildman–Crippen MR) is 254 cm³/mol. The molecule has 5 aliphatic heterocycles. The predicted octanol–water partition coefficient (Wildman–Crippen LogP) is 9.02. The Morgan fingerprint density at radius 1 is 0.400 bits per heavy atom. The Balaban J connectivity index is 0.695. The van der Waals surface area contributed by atoms with Crippen molar-refractivity contribution in [3.8, 4) is 0 Å². The van der Waals surface area contributed by atoms with Gasteiger partial charge in [-0.05, 0) is 242 Å². The molecular weight excluding hydrogens is 901 g/mol. The van der Waals surface area contributed by atoms with Crippen LogP contribution in [0.1, 0.15) is 96.3 Å². The lowest BCUT2D eigenvalue weighted by Crippen LogP contribution is -2.61. The van der Waals surface area contributed by atoms with E-state index in [4.69, 9.17) is 40.1 Å². The lowest BCUT2D eigenvalue weighted by atomic mass is 9.87. The number of epoxide rings is 5. The molecule has 1 N–H and O–H groups in total. The van der Waals surface area contributed by atoms with Crippen molar-refractivity contribution in [1.82, 2.24) is 0 Å². The Labute approximate surface area is 395 Å². The molecular formula is C50H81O10Si5. The van der Waals surface area contributed by atoms with Crippen LogP contribution < -0.4 is 0 Å². The maximum Gasteiger partial charge on any atom is 0.323 e. The molecule has 0 spiro atoms. The van der Waals surface area contributed by atoms with E-state index in [0.717, 1.165) is 96.7 Å². The minimum Gasteiger partial charge on any atom is -0.436 e. The zero-order chi connectivity index (χ0) is 43.5. The Morgan fingerprint density at radius 3 is 1.06 bits per heavy atom. The molecule has 10 bridgehead atoms. The van der Waals surface area contributed by atoms with Crippen LogP contribution in [0.2, 0.25) is 63.0 Å². The van der Waals surface area contributed by atoms with Gasteiger partial charge in [0.1, 0.15) is 0 Å². The third kappa shape index (κ3) is 7.62. The Morgan fingerprint density at radius 2 is 0.708 bits per heavy atom. The molecule has 361 valence electrons. The summed E-state index contributed by atoms with van der Waals surface area (Å²) in [5.74, 6) is 11.1. The van der Waals surface area contributed by atoms with Crippen LogP contribution in [0.15, 0.2) is 0 Å². The second-order valence-electron chi connectivity index (χ2n) is 27.0. The minimum atomic E-state index is -3.08. The van der Waals surface area contributed by atoms with Gasteiger partial charge < -0.3 is 44.9 Å². The molecule has 0 aromatic heterocycles. The van der Waals surface area contributed by atoms with Gasteiger partial charge in [-0.1, -0.05) is 6.42 Å². The first-order chi connectivity index (χ1) is 31.2. The average molecular weight is 983 g/mol. The summed E-state index contributed by atoms with van der Waals surface area (Å²) in [5, 5.41) is 0. The number of hydrogen-bond acceptors (Lipinski definition) is 10. The van der Waals surface area contributed by atoms with E-state index in [9.17, 15) is 4.80 Å². The third-order valence-electron chi connectivity index (χ3n) is 22.6. The summed E-state index contributed by atoms with van der Waals surface area (Å²) in [6, 6.07) is 4.99. The summed E-state index contributed by atoms with van der Waals surface area (Å²) in [6.45, 7) is 11.8. The standard InChI is InChI=1S/C50H81O10Si5/c1-61(11-6-26-16-31-21-36(26)46-41(31)52-46)57-63(3,13-8-28-18-33-23-38(28)48-43(33)54-48)59-65(5,15-10-30-20-35-25-40(30)50-45(35)56-50)60-64(4,14-9-29-19-34-24-39(29)49-44(34)55-49)58-62(2,51)12-7-27-17-32-22-37(27)47-42(32)53-47/h26-51H,6-25H2,1-5H3. The smallest absolute Gasteiger partial charge is 0.323 e. The van der Waals surface area contributed by atoms with Crippen molar-refractivity contribution in [1.29, 1.82) is 0 Å². The highest BCUT2D eigenvalue weighted by Gasteiger charge is 2.67. The Hall–Kier alpha value is 0.684. The molecule has 15 rings (SSSR count). The molecule has 15 aliphatic rings. The van der Waals surface area contributed by atoms with Gasteiger partial charge in [-0.2, -0.15) is 0 Å². The van der Waals surface area contributed by atoms with Crippen LogP contribution in [-0.2, 0) is 40.1 Å². The number of rotatable bonds is 23. The fourth-order valence-electron chi connectivity index (χ4n) is 19.7. The summed E-state index contributed by atoms with van der Waals surface area (Å²) >= 11 is 0. The van der Waals surface area contributed by atoms with Crippen LogP contribution in [0.5, 0.6) is 0 Å². The first-order valence-electron chi connectivity index (χ1n) is 27.9. The maximum atomic E-state index is 12.6. The van der Waals surface area contributed by atoms with Crippen LogP contribution in [0.25, 0.3) is 0 Å². The van der Waals surface area contributed by atoms with E-state index in [2.05, 4.69) is 32.7 Å². The largest absolute Gasteiger partial charge is 0.436 e. The number of ether oxygens (including phenoxy) is 5. The summed E-state index contributed by atoms with van der Waals surface area (Å²) in [6.07, 6.45) is 24.7. The van der Waals surface area contributed by atoms with E-state index in [0.29, 0.717) is 96.5 Å². The van der Waals surface area contributed by atoms with E-state index in [1.807, 2.05) is 0 Å². The van der Waals surface area contributed by atoms with Gasteiger partial charge >= 0.3 is 34.2 Å². The summed E-state index contributed by atoms with van der Waals surface area (Å²) in [7, 11) is -12.8. The molecule has 0 aromatic carbocycles. The highest BCUT2D eigenvalue weighted by molar-refractivity contribution is 6.89. The van der Waals surface area contributed by atoms with Crippen LogP contribution in [0.3, 0.4) is 0 Å². The van der Waals surface area contributed by atoms with Gasteiger partial charge in [-0.15, -0.1) is 0 Å². The molecule has 5 saturated heterocycles. The summed E-state index contributed by atoms with van der Waals surface area (Å²) in [5.41, 5.74) is 0. The molecule has 10 saturated carbocycles. The highest BCUT2D eigenvalue weighted by atomic mass is 28.5. The molecule has 0 aromatic rings. The first-order valence-corrected chi connectivity index (χ1v) is 40.1. The van der Waals surface area contributed by atoms with Gasteiger partial charge in [0.2, 0.25) is 0 Å². The molecule has 1 radical (unpaired) electrons. The van der Waals surface area contributed by atoms with E-state index in [1.165, 1.54) is 83.1 Å². The van der Waals surface area contributed by atoms with Crippen LogP contribution >= 0.6 is 0 Å². The fraction of sp³-hybridized carbons (Fsp3) is 1.00. The van der Waals surface area contributed by atoms with Crippen molar-refractivity contribution < 1.29 is 44.9 Å². The van der Waals surface area contributed by atoms with Crippen molar-refractivity contribution in [2.45, 2.75) is 220 Å². The summed E-state index contributed by atoms with van der Waals surface area (Å²) in [4.78, 5) is 12.6. The number of fused-ring (bicyclic) bond motifs is 25. The molecule has 10 aliphatic carbocycles. The van der Waals surface area contributed by atoms with Crippen molar-refractivity contribution in [2.75, 3.05) is 0 Å². The third-order valence-corrected chi connectivity index (χ3v) is 41.9. The van der Waals surface area contributed by atoms with E-state index < -0.39 is 43.3 Å². The van der Waals surface area contributed by atoms with Crippen LogP contribution in [0, 0.1) is 88.8 Å². The molecule has 15 heteroatoms.